The van der Waals surface area contributed by atoms with Gasteiger partial charge in [-0.2, -0.15) is 0 Å². The van der Waals surface area contributed by atoms with Gasteiger partial charge in [0.2, 0.25) is 0 Å². The number of carbonyl (C=O) groups excluding carboxylic acids is 1. The zero-order valence-electron chi connectivity index (χ0n) is 16.1. The molecule has 0 saturated carbocycles. The second-order valence-electron chi connectivity index (χ2n) is 6.26. The van der Waals surface area contributed by atoms with Crippen LogP contribution in [-0.4, -0.2) is 31.2 Å². The number of nitro groups is 1. The molecule has 0 N–H and O–H groups in total. The van der Waals surface area contributed by atoms with E-state index >= 15 is 0 Å². The van der Waals surface area contributed by atoms with Crippen molar-refractivity contribution in [2.24, 2.45) is 0 Å². The van der Waals surface area contributed by atoms with E-state index in [1.165, 1.54) is 46.5 Å². The Hall–Kier alpha value is -2.65. The van der Waals surface area contributed by atoms with Crippen LogP contribution in [0.5, 0.6) is 0 Å². The van der Waals surface area contributed by atoms with E-state index < -0.39 is 4.92 Å². The quantitative estimate of drug-likeness (QED) is 0.210. The van der Waals surface area contributed by atoms with E-state index in [4.69, 9.17) is 0 Å². The molecule has 0 radical (unpaired) electrons. The first-order valence-corrected chi connectivity index (χ1v) is 11.0. The third kappa shape index (κ3) is 5.45. The largest absolute Gasteiger partial charge is 0.306 e. The van der Waals surface area contributed by atoms with Crippen LogP contribution in [0, 0.1) is 17.0 Å². The molecule has 0 amide bonds. The number of aromatic nitrogens is 3. The summed E-state index contributed by atoms with van der Waals surface area (Å²) in [5.74, 6) is 1.65. The lowest BCUT2D eigenvalue weighted by Gasteiger charge is -2.07. The molecule has 0 spiro atoms. The third-order valence-corrected chi connectivity index (χ3v) is 6.21. The Morgan fingerprint density at radius 3 is 2.38 bits per heavy atom. The summed E-state index contributed by atoms with van der Waals surface area (Å²) >= 11 is 3.02. The Kier molecular flexibility index (Phi) is 7.05. The summed E-state index contributed by atoms with van der Waals surface area (Å²) in [6, 6.07) is 14.0. The first-order valence-electron chi connectivity index (χ1n) is 9.00. The summed E-state index contributed by atoms with van der Waals surface area (Å²) in [6.07, 6.45) is 0. The fourth-order valence-electron chi connectivity index (χ4n) is 2.62. The highest BCUT2D eigenvalue weighted by molar-refractivity contribution is 7.99. The maximum Gasteiger partial charge on any atom is 0.269 e. The van der Waals surface area contributed by atoms with Crippen molar-refractivity contribution in [3.63, 3.8) is 0 Å². The number of ketones is 1. The van der Waals surface area contributed by atoms with E-state index in [1.807, 2.05) is 11.5 Å². The van der Waals surface area contributed by atoms with Gasteiger partial charge in [0.1, 0.15) is 5.82 Å². The molecule has 29 heavy (non-hydrogen) atoms. The maximum absolute atomic E-state index is 12.4. The number of aryl methyl sites for hydroxylation is 1. The predicted molar refractivity (Wildman–Crippen MR) is 115 cm³/mol. The summed E-state index contributed by atoms with van der Waals surface area (Å²) in [7, 11) is 0. The molecule has 0 aliphatic carbocycles. The van der Waals surface area contributed by atoms with Gasteiger partial charge in [-0.05, 0) is 38.1 Å². The van der Waals surface area contributed by atoms with E-state index in [0.29, 0.717) is 23.0 Å². The molecule has 9 heteroatoms. The Morgan fingerprint density at radius 1 is 1.07 bits per heavy atom. The van der Waals surface area contributed by atoms with E-state index in [0.717, 1.165) is 5.82 Å². The molecule has 0 fully saturated rings. The molecule has 2 aromatic carbocycles. The van der Waals surface area contributed by atoms with Crippen LogP contribution >= 0.6 is 23.5 Å². The molecule has 1 heterocycles. The predicted octanol–water partition coefficient (Wildman–Crippen LogP) is 4.78. The van der Waals surface area contributed by atoms with E-state index in [1.54, 1.807) is 11.8 Å². The van der Waals surface area contributed by atoms with Gasteiger partial charge in [-0.15, -0.1) is 22.0 Å². The first kappa shape index (κ1) is 21.1. The van der Waals surface area contributed by atoms with Gasteiger partial charge < -0.3 is 4.57 Å². The number of carbonyl (C=O) groups is 1. The standard InChI is InChI=1S/C20H20N4O3S2/c1-3-23-19(13-28-17-10-4-14(2)5-11-17)21-22-20(23)29-12-18(25)15-6-8-16(9-7-15)24(26)27/h4-11H,3,12-13H2,1-2H3. The second kappa shape index (κ2) is 9.71. The molecule has 0 bridgehead atoms. The average molecular weight is 429 g/mol. The number of thioether (sulfide) groups is 2. The number of benzene rings is 2. The number of nitro benzene ring substituents is 1. The van der Waals surface area contributed by atoms with Gasteiger partial charge in [-0.25, -0.2) is 0 Å². The number of hydrogen-bond acceptors (Lipinski definition) is 7. The van der Waals surface area contributed by atoms with E-state index in [-0.39, 0.29) is 17.2 Å². The van der Waals surface area contributed by atoms with Gasteiger partial charge >= 0.3 is 0 Å². The molecule has 3 aromatic rings. The highest BCUT2D eigenvalue weighted by atomic mass is 32.2. The molecule has 1 aromatic heterocycles. The van der Waals surface area contributed by atoms with Gasteiger partial charge in [0, 0.05) is 29.1 Å². The maximum atomic E-state index is 12.4. The van der Waals surface area contributed by atoms with Crippen molar-refractivity contribution in [3.8, 4) is 0 Å². The molecule has 0 atom stereocenters. The van der Waals surface area contributed by atoms with Crippen LogP contribution in [-0.2, 0) is 12.3 Å². The minimum atomic E-state index is -0.483. The summed E-state index contributed by atoms with van der Waals surface area (Å²) in [6.45, 7) is 4.79. The molecule has 7 nitrogen and oxygen atoms in total. The third-order valence-electron chi connectivity index (χ3n) is 4.23. The van der Waals surface area contributed by atoms with Gasteiger partial charge in [0.05, 0.1) is 16.4 Å². The Bertz CT molecular complexity index is 1000. The van der Waals surface area contributed by atoms with Gasteiger partial charge in [0.25, 0.3) is 5.69 Å². The lowest BCUT2D eigenvalue weighted by atomic mass is 10.1. The average Bonchev–Trinajstić information content (AvgIpc) is 3.13. The van der Waals surface area contributed by atoms with Crippen molar-refractivity contribution >= 4 is 35.0 Å². The van der Waals surface area contributed by atoms with E-state index in [9.17, 15) is 14.9 Å². The first-order chi connectivity index (χ1) is 14.0. The monoisotopic (exact) mass is 428 g/mol. The lowest BCUT2D eigenvalue weighted by Crippen LogP contribution is -2.06. The normalized spacial score (nSPS) is 10.8. The number of nitrogens with zero attached hydrogens (tertiary/aromatic N) is 4. The molecular weight excluding hydrogens is 408 g/mol. The number of Topliss-reactive ketones (excluding diaryl/α,β-unsaturated/α-hetero) is 1. The summed E-state index contributed by atoms with van der Waals surface area (Å²) in [5, 5.41) is 19.9. The van der Waals surface area contributed by atoms with Crippen LogP contribution in [0.15, 0.2) is 58.6 Å². The van der Waals surface area contributed by atoms with Crippen molar-refractivity contribution in [3.05, 3.63) is 75.6 Å². The highest BCUT2D eigenvalue weighted by Gasteiger charge is 2.15. The summed E-state index contributed by atoms with van der Waals surface area (Å²) in [4.78, 5) is 23.8. The fourth-order valence-corrected chi connectivity index (χ4v) is 4.37. The topological polar surface area (TPSA) is 90.9 Å². The Morgan fingerprint density at radius 2 is 1.76 bits per heavy atom. The second-order valence-corrected chi connectivity index (χ2v) is 8.25. The molecular formula is C20H20N4O3S2. The fraction of sp³-hybridized carbons (Fsp3) is 0.250. The lowest BCUT2D eigenvalue weighted by molar-refractivity contribution is -0.384. The Labute approximate surface area is 177 Å². The zero-order chi connectivity index (χ0) is 20.8. The number of non-ortho nitro benzene ring substituents is 1. The molecule has 0 unspecified atom stereocenters. The van der Waals surface area contributed by atoms with Crippen LogP contribution < -0.4 is 0 Å². The van der Waals surface area contributed by atoms with Crippen molar-refractivity contribution in [1.82, 2.24) is 14.8 Å². The van der Waals surface area contributed by atoms with Crippen LogP contribution in [0.2, 0.25) is 0 Å². The Balaban J connectivity index is 1.61. The number of hydrogen-bond donors (Lipinski definition) is 0. The zero-order valence-corrected chi connectivity index (χ0v) is 17.7. The molecule has 150 valence electrons. The number of rotatable bonds is 9. The minimum absolute atomic E-state index is 0.0318. The van der Waals surface area contributed by atoms with Gasteiger partial charge in [-0.1, -0.05) is 29.5 Å². The molecule has 0 saturated heterocycles. The smallest absolute Gasteiger partial charge is 0.269 e. The minimum Gasteiger partial charge on any atom is -0.306 e. The van der Waals surface area contributed by atoms with Gasteiger partial charge in [-0.3, -0.25) is 14.9 Å². The van der Waals surface area contributed by atoms with Crippen LogP contribution in [0.1, 0.15) is 28.7 Å². The molecule has 3 rings (SSSR count). The molecule has 0 aliphatic heterocycles. The van der Waals surface area contributed by atoms with Crippen molar-refractivity contribution in [2.75, 3.05) is 5.75 Å². The van der Waals surface area contributed by atoms with Crippen LogP contribution in [0.3, 0.4) is 0 Å². The molecule has 0 aliphatic rings. The van der Waals surface area contributed by atoms with Crippen LogP contribution in [0.4, 0.5) is 5.69 Å². The summed E-state index contributed by atoms with van der Waals surface area (Å²) < 4.78 is 2.01. The van der Waals surface area contributed by atoms with Gasteiger partial charge in [0.15, 0.2) is 10.9 Å². The highest BCUT2D eigenvalue weighted by Crippen LogP contribution is 2.25. The van der Waals surface area contributed by atoms with Crippen LogP contribution in [0.25, 0.3) is 0 Å². The van der Waals surface area contributed by atoms with Crippen molar-refractivity contribution in [2.45, 2.75) is 36.2 Å². The SMILES string of the molecule is CCn1c(CSc2ccc(C)cc2)nnc1SCC(=O)c1ccc([N+](=O)[O-])cc1. The van der Waals surface area contributed by atoms with E-state index in [2.05, 4.69) is 41.4 Å². The van der Waals surface area contributed by atoms with Crippen molar-refractivity contribution in [1.29, 1.82) is 0 Å². The van der Waals surface area contributed by atoms with Crippen molar-refractivity contribution < 1.29 is 9.72 Å². The summed E-state index contributed by atoms with van der Waals surface area (Å²) in [5.41, 5.74) is 1.64.